The van der Waals surface area contributed by atoms with Crippen molar-refractivity contribution < 1.29 is 27.1 Å². The van der Waals surface area contributed by atoms with E-state index in [1.807, 2.05) is 0 Å². The van der Waals surface area contributed by atoms with Crippen LogP contribution in [-0.4, -0.2) is 64.2 Å². The van der Waals surface area contributed by atoms with Crippen molar-refractivity contribution in [1.29, 1.82) is 0 Å². The zero-order valence-electron chi connectivity index (χ0n) is 15.7. The quantitative estimate of drug-likeness (QED) is 0.699. The van der Waals surface area contributed by atoms with Gasteiger partial charge in [-0.05, 0) is 30.9 Å². The Hall–Kier alpha value is -1.42. The summed E-state index contributed by atoms with van der Waals surface area (Å²) in [7, 11) is -3.74. The summed E-state index contributed by atoms with van der Waals surface area (Å²) in [4.78, 5) is 12.2. The predicted molar refractivity (Wildman–Crippen MR) is 98.0 cm³/mol. The number of hydrogen-bond donors (Lipinski definition) is 1. The summed E-state index contributed by atoms with van der Waals surface area (Å²) in [5, 5.41) is 2.49. The summed E-state index contributed by atoms with van der Waals surface area (Å²) < 4.78 is 42.7. The minimum absolute atomic E-state index is 0.0205. The summed E-state index contributed by atoms with van der Waals surface area (Å²) in [5.41, 5.74) is 0. The van der Waals surface area contributed by atoms with E-state index >= 15 is 0 Å². The number of rotatable bonds is 7. The van der Waals surface area contributed by atoms with E-state index in [1.165, 1.54) is 35.7 Å². The number of morpholine rings is 1. The molecule has 8 nitrogen and oxygen atoms in total. The lowest BCUT2D eigenvalue weighted by Gasteiger charge is -2.28. The van der Waals surface area contributed by atoms with Crippen LogP contribution in [0.1, 0.15) is 43.2 Å². The molecular formula is C18H28N2O6S. The number of hydrogen-bond acceptors (Lipinski definition) is 6. The Labute approximate surface area is 160 Å². The molecule has 1 saturated heterocycles. The lowest BCUT2D eigenvalue weighted by molar-refractivity contribution is -0.00301. The molecule has 1 aliphatic carbocycles. The number of sulfonamides is 1. The molecule has 1 amide bonds. The van der Waals surface area contributed by atoms with E-state index in [0.717, 1.165) is 6.42 Å². The van der Waals surface area contributed by atoms with Crippen LogP contribution >= 0.6 is 0 Å². The van der Waals surface area contributed by atoms with Crippen LogP contribution in [0.2, 0.25) is 0 Å². The molecular weight excluding hydrogens is 372 g/mol. The molecule has 152 valence electrons. The Bertz CT molecular complexity index is 726. The maximum atomic E-state index is 12.5. The SMILES string of the molecule is C[C@@H]1CCCC[C@@H]1OCCNC(=O)c1ccc(S(=O)(=O)N2CCOCC2)o1. The molecule has 2 aliphatic rings. The first-order valence-electron chi connectivity index (χ1n) is 9.56. The van der Waals surface area contributed by atoms with Crippen molar-refractivity contribution in [1.82, 2.24) is 9.62 Å². The number of carbonyl (C=O) groups is 1. The van der Waals surface area contributed by atoms with Gasteiger partial charge in [0.05, 0.1) is 25.9 Å². The maximum absolute atomic E-state index is 12.5. The Balaban J connectivity index is 1.48. The molecule has 0 aromatic carbocycles. The van der Waals surface area contributed by atoms with Crippen LogP contribution in [-0.2, 0) is 19.5 Å². The van der Waals surface area contributed by atoms with Gasteiger partial charge in [-0.15, -0.1) is 0 Å². The van der Waals surface area contributed by atoms with Crippen molar-refractivity contribution >= 4 is 15.9 Å². The summed E-state index contributed by atoms with van der Waals surface area (Å²) in [6, 6.07) is 2.70. The molecule has 9 heteroatoms. The van der Waals surface area contributed by atoms with Crippen molar-refractivity contribution in [2.24, 2.45) is 5.92 Å². The first-order valence-corrected chi connectivity index (χ1v) is 11.0. The van der Waals surface area contributed by atoms with E-state index in [2.05, 4.69) is 12.2 Å². The minimum atomic E-state index is -3.74. The average Bonchev–Trinajstić information content (AvgIpc) is 3.18. The van der Waals surface area contributed by atoms with E-state index < -0.39 is 15.9 Å². The number of nitrogens with one attached hydrogen (secondary N) is 1. The minimum Gasteiger partial charge on any atom is -0.438 e. The van der Waals surface area contributed by atoms with Gasteiger partial charge >= 0.3 is 0 Å². The summed E-state index contributed by atoms with van der Waals surface area (Å²) in [6.45, 7) is 4.25. The van der Waals surface area contributed by atoms with Gasteiger partial charge in [-0.2, -0.15) is 4.31 Å². The third-order valence-corrected chi connectivity index (χ3v) is 6.89. The van der Waals surface area contributed by atoms with Gasteiger partial charge in [0.15, 0.2) is 5.76 Å². The maximum Gasteiger partial charge on any atom is 0.287 e. The molecule has 0 unspecified atom stereocenters. The molecule has 3 rings (SSSR count). The number of amides is 1. The van der Waals surface area contributed by atoms with Crippen LogP contribution in [0, 0.1) is 5.92 Å². The molecule has 1 aliphatic heterocycles. The second kappa shape index (κ2) is 9.18. The normalized spacial score (nSPS) is 24.6. The Morgan fingerprint density at radius 3 is 2.74 bits per heavy atom. The van der Waals surface area contributed by atoms with Gasteiger partial charge in [0, 0.05) is 19.6 Å². The highest BCUT2D eigenvalue weighted by atomic mass is 32.2. The molecule has 0 bridgehead atoms. The van der Waals surface area contributed by atoms with Crippen LogP contribution < -0.4 is 5.32 Å². The fourth-order valence-corrected chi connectivity index (χ4v) is 4.81. The highest BCUT2D eigenvalue weighted by Gasteiger charge is 2.30. The zero-order chi connectivity index (χ0) is 19.3. The van der Waals surface area contributed by atoms with E-state index in [0.29, 0.717) is 32.3 Å². The van der Waals surface area contributed by atoms with Gasteiger partial charge in [-0.1, -0.05) is 19.8 Å². The van der Waals surface area contributed by atoms with Gasteiger partial charge < -0.3 is 19.2 Å². The molecule has 27 heavy (non-hydrogen) atoms. The van der Waals surface area contributed by atoms with Gasteiger partial charge in [-0.25, -0.2) is 8.42 Å². The van der Waals surface area contributed by atoms with Gasteiger partial charge in [0.1, 0.15) is 0 Å². The second-order valence-corrected chi connectivity index (χ2v) is 8.93. The topological polar surface area (TPSA) is 98.1 Å². The molecule has 2 fully saturated rings. The number of nitrogens with zero attached hydrogens (tertiary/aromatic N) is 1. The standard InChI is InChI=1S/C18H28N2O6S/c1-14-4-2-3-5-15(14)25-11-8-19-18(21)16-6-7-17(26-16)27(22,23)20-9-12-24-13-10-20/h6-7,14-15H,2-5,8-13H2,1H3,(H,19,21)/t14-,15+/m1/s1. The lowest BCUT2D eigenvalue weighted by Crippen LogP contribution is -2.40. The third kappa shape index (κ3) is 5.10. The van der Waals surface area contributed by atoms with Crippen LogP contribution in [0.3, 0.4) is 0 Å². The number of furan rings is 1. The molecule has 1 N–H and O–H groups in total. The van der Waals surface area contributed by atoms with E-state index in [-0.39, 0.29) is 30.0 Å². The van der Waals surface area contributed by atoms with Gasteiger partial charge in [0.25, 0.3) is 15.9 Å². The molecule has 2 heterocycles. The largest absolute Gasteiger partial charge is 0.438 e. The van der Waals surface area contributed by atoms with Crippen LogP contribution in [0.25, 0.3) is 0 Å². The molecule has 1 saturated carbocycles. The molecule has 2 atom stereocenters. The number of ether oxygens (including phenoxy) is 2. The molecule has 1 aromatic heterocycles. The van der Waals surface area contributed by atoms with E-state index in [1.54, 1.807) is 0 Å². The summed E-state index contributed by atoms with van der Waals surface area (Å²) in [6.07, 6.45) is 4.95. The monoisotopic (exact) mass is 400 g/mol. The molecule has 0 spiro atoms. The van der Waals surface area contributed by atoms with E-state index in [4.69, 9.17) is 13.9 Å². The average molecular weight is 400 g/mol. The predicted octanol–water partition coefficient (Wildman–Crippen LogP) is 1.63. The first-order chi connectivity index (χ1) is 13.0. The Morgan fingerprint density at radius 1 is 1.26 bits per heavy atom. The van der Waals surface area contributed by atoms with Gasteiger partial charge in [-0.3, -0.25) is 4.79 Å². The smallest absolute Gasteiger partial charge is 0.287 e. The third-order valence-electron chi connectivity index (χ3n) is 5.12. The van der Waals surface area contributed by atoms with Crippen molar-refractivity contribution in [2.75, 3.05) is 39.5 Å². The highest BCUT2D eigenvalue weighted by molar-refractivity contribution is 7.89. The Kier molecular flexibility index (Phi) is 6.91. The lowest BCUT2D eigenvalue weighted by atomic mass is 9.88. The van der Waals surface area contributed by atoms with Crippen molar-refractivity contribution in [2.45, 2.75) is 43.8 Å². The van der Waals surface area contributed by atoms with Crippen LogP contribution in [0.4, 0.5) is 0 Å². The van der Waals surface area contributed by atoms with Crippen molar-refractivity contribution in [3.63, 3.8) is 0 Å². The van der Waals surface area contributed by atoms with E-state index in [9.17, 15) is 13.2 Å². The summed E-state index contributed by atoms with van der Waals surface area (Å²) in [5.74, 6) is 0.0825. The first kappa shape index (κ1) is 20.3. The summed E-state index contributed by atoms with van der Waals surface area (Å²) >= 11 is 0. The van der Waals surface area contributed by atoms with Gasteiger partial charge in [0.2, 0.25) is 5.09 Å². The number of carbonyl (C=O) groups excluding carboxylic acids is 1. The highest BCUT2D eigenvalue weighted by Crippen LogP contribution is 2.26. The second-order valence-electron chi connectivity index (χ2n) is 7.06. The molecule has 0 radical (unpaired) electrons. The zero-order valence-corrected chi connectivity index (χ0v) is 16.5. The molecule has 1 aromatic rings. The van der Waals surface area contributed by atoms with Crippen LogP contribution in [0.15, 0.2) is 21.6 Å². The van der Waals surface area contributed by atoms with Crippen molar-refractivity contribution in [3.8, 4) is 0 Å². The Morgan fingerprint density at radius 2 is 2.00 bits per heavy atom. The fourth-order valence-electron chi connectivity index (χ4n) is 3.49. The fraction of sp³-hybridized carbons (Fsp3) is 0.722. The van der Waals surface area contributed by atoms with Crippen molar-refractivity contribution in [3.05, 3.63) is 17.9 Å². The van der Waals surface area contributed by atoms with Crippen LogP contribution in [0.5, 0.6) is 0 Å².